The Labute approximate surface area is 103 Å². The molecule has 3 nitrogen and oxygen atoms in total. The fraction of sp³-hybridized carbons (Fsp3) is 0.250. The number of hydrogen-bond acceptors (Lipinski definition) is 2. The summed E-state index contributed by atoms with van der Waals surface area (Å²) in [6.07, 6.45) is 1.90. The maximum Gasteiger partial charge on any atom is 0.121 e. The van der Waals surface area contributed by atoms with E-state index in [1.54, 1.807) is 4.68 Å². The number of aromatic nitrogens is 2. The number of anilines is 1. The number of nitrogens with zero attached hydrogens (tertiary/aromatic N) is 2. The van der Waals surface area contributed by atoms with Gasteiger partial charge >= 0.3 is 0 Å². The SMILES string of the molecule is Cn1nc(CCc2cccc(Br)c2)cc1N. The quantitative estimate of drug-likeness (QED) is 0.939. The summed E-state index contributed by atoms with van der Waals surface area (Å²) in [6.45, 7) is 0. The van der Waals surface area contributed by atoms with Crippen molar-refractivity contribution < 1.29 is 0 Å². The molecule has 0 aliphatic carbocycles. The molecule has 2 N–H and O–H groups in total. The number of halogens is 1. The summed E-state index contributed by atoms with van der Waals surface area (Å²) in [5.41, 5.74) is 8.07. The van der Waals surface area contributed by atoms with Crippen LogP contribution in [0.25, 0.3) is 0 Å². The third-order valence-corrected chi connectivity index (χ3v) is 3.02. The summed E-state index contributed by atoms with van der Waals surface area (Å²) in [7, 11) is 1.86. The zero-order chi connectivity index (χ0) is 11.5. The first kappa shape index (κ1) is 11.2. The average molecular weight is 280 g/mol. The Bertz CT molecular complexity index is 471. The minimum atomic E-state index is 0.712. The number of nitrogen functional groups attached to an aromatic ring is 1. The highest BCUT2D eigenvalue weighted by Crippen LogP contribution is 2.14. The summed E-state index contributed by atoms with van der Waals surface area (Å²) in [6, 6.07) is 10.3. The molecule has 0 unspecified atom stereocenters. The van der Waals surface area contributed by atoms with Gasteiger partial charge < -0.3 is 5.73 Å². The van der Waals surface area contributed by atoms with Crippen molar-refractivity contribution in [2.45, 2.75) is 12.8 Å². The number of rotatable bonds is 3. The van der Waals surface area contributed by atoms with Crippen molar-refractivity contribution in [1.82, 2.24) is 9.78 Å². The molecule has 0 aliphatic heterocycles. The molecule has 0 saturated heterocycles. The third kappa shape index (κ3) is 2.64. The zero-order valence-corrected chi connectivity index (χ0v) is 10.7. The van der Waals surface area contributed by atoms with E-state index in [2.05, 4.69) is 33.2 Å². The number of aryl methyl sites for hydroxylation is 3. The highest BCUT2D eigenvalue weighted by Gasteiger charge is 2.02. The summed E-state index contributed by atoms with van der Waals surface area (Å²) >= 11 is 3.46. The maximum atomic E-state index is 5.73. The van der Waals surface area contributed by atoms with Crippen LogP contribution in [-0.4, -0.2) is 9.78 Å². The van der Waals surface area contributed by atoms with Crippen LogP contribution in [0.1, 0.15) is 11.3 Å². The lowest BCUT2D eigenvalue weighted by Crippen LogP contribution is -1.97. The van der Waals surface area contributed by atoms with Crippen LogP contribution < -0.4 is 5.73 Å². The first-order chi connectivity index (χ1) is 7.65. The monoisotopic (exact) mass is 279 g/mol. The maximum absolute atomic E-state index is 5.73. The fourth-order valence-electron chi connectivity index (χ4n) is 1.63. The van der Waals surface area contributed by atoms with Crippen LogP contribution in [0.2, 0.25) is 0 Å². The van der Waals surface area contributed by atoms with Gasteiger partial charge in [-0.1, -0.05) is 28.1 Å². The first-order valence-corrected chi connectivity index (χ1v) is 5.97. The normalized spacial score (nSPS) is 10.6. The molecule has 2 rings (SSSR count). The highest BCUT2D eigenvalue weighted by atomic mass is 79.9. The molecule has 4 heteroatoms. The van der Waals surface area contributed by atoms with Crippen LogP contribution in [0.4, 0.5) is 5.82 Å². The molecule has 1 aromatic carbocycles. The Morgan fingerprint density at radius 3 is 2.75 bits per heavy atom. The Kier molecular flexibility index (Phi) is 3.29. The van der Waals surface area contributed by atoms with E-state index in [4.69, 9.17) is 5.73 Å². The van der Waals surface area contributed by atoms with Gasteiger partial charge in [0, 0.05) is 17.6 Å². The van der Waals surface area contributed by atoms with Crippen molar-refractivity contribution in [2.24, 2.45) is 7.05 Å². The predicted octanol–water partition coefficient (Wildman–Crippen LogP) is 2.55. The summed E-state index contributed by atoms with van der Waals surface area (Å²) in [5.74, 6) is 0.712. The molecule has 1 heterocycles. The number of benzene rings is 1. The Balaban J connectivity index is 2.02. The van der Waals surface area contributed by atoms with Crippen LogP contribution in [0.15, 0.2) is 34.8 Å². The van der Waals surface area contributed by atoms with E-state index in [0.717, 1.165) is 23.0 Å². The van der Waals surface area contributed by atoms with Gasteiger partial charge in [-0.2, -0.15) is 5.10 Å². The van der Waals surface area contributed by atoms with Gasteiger partial charge in [-0.25, -0.2) is 0 Å². The molecular weight excluding hydrogens is 266 g/mol. The largest absolute Gasteiger partial charge is 0.384 e. The topological polar surface area (TPSA) is 43.8 Å². The molecule has 0 spiro atoms. The Morgan fingerprint density at radius 1 is 1.31 bits per heavy atom. The Hall–Kier alpha value is -1.29. The first-order valence-electron chi connectivity index (χ1n) is 5.18. The fourth-order valence-corrected chi connectivity index (χ4v) is 2.08. The van der Waals surface area contributed by atoms with Crippen molar-refractivity contribution in [3.8, 4) is 0 Å². The van der Waals surface area contributed by atoms with Crippen LogP contribution in [0.3, 0.4) is 0 Å². The minimum Gasteiger partial charge on any atom is -0.384 e. The van der Waals surface area contributed by atoms with Gasteiger partial charge in [-0.15, -0.1) is 0 Å². The average Bonchev–Trinajstić information content (AvgIpc) is 2.56. The van der Waals surface area contributed by atoms with Crippen LogP contribution in [0, 0.1) is 0 Å². The van der Waals surface area contributed by atoms with Crippen LogP contribution in [0.5, 0.6) is 0 Å². The van der Waals surface area contributed by atoms with Crippen molar-refractivity contribution in [3.05, 3.63) is 46.1 Å². The predicted molar refractivity (Wildman–Crippen MR) is 69.2 cm³/mol. The van der Waals surface area contributed by atoms with Gasteiger partial charge in [0.25, 0.3) is 0 Å². The van der Waals surface area contributed by atoms with E-state index in [9.17, 15) is 0 Å². The van der Waals surface area contributed by atoms with Crippen LogP contribution in [-0.2, 0) is 19.9 Å². The molecule has 2 aromatic rings. The second-order valence-corrected chi connectivity index (χ2v) is 4.73. The minimum absolute atomic E-state index is 0.712. The molecule has 0 atom stereocenters. The summed E-state index contributed by atoms with van der Waals surface area (Å²) < 4.78 is 2.82. The second kappa shape index (κ2) is 4.70. The van der Waals surface area contributed by atoms with Crippen molar-refractivity contribution in [2.75, 3.05) is 5.73 Å². The molecule has 0 amide bonds. The lowest BCUT2D eigenvalue weighted by atomic mass is 10.1. The lowest BCUT2D eigenvalue weighted by molar-refractivity contribution is 0.745. The van der Waals surface area contributed by atoms with Gasteiger partial charge in [-0.3, -0.25) is 4.68 Å². The molecule has 0 saturated carbocycles. The van der Waals surface area contributed by atoms with Crippen molar-refractivity contribution >= 4 is 21.7 Å². The molecule has 0 fully saturated rings. The van der Waals surface area contributed by atoms with E-state index < -0.39 is 0 Å². The molecular formula is C12H14BrN3. The van der Waals surface area contributed by atoms with Gasteiger partial charge in [0.1, 0.15) is 5.82 Å². The van der Waals surface area contributed by atoms with Gasteiger partial charge in [0.15, 0.2) is 0 Å². The summed E-state index contributed by atoms with van der Waals surface area (Å²) in [5, 5.41) is 4.33. The molecule has 0 aliphatic rings. The molecule has 16 heavy (non-hydrogen) atoms. The lowest BCUT2D eigenvalue weighted by Gasteiger charge is -1.99. The summed E-state index contributed by atoms with van der Waals surface area (Å²) in [4.78, 5) is 0. The van der Waals surface area contributed by atoms with E-state index in [1.165, 1.54) is 5.56 Å². The van der Waals surface area contributed by atoms with Crippen molar-refractivity contribution in [3.63, 3.8) is 0 Å². The zero-order valence-electron chi connectivity index (χ0n) is 9.15. The van der Waals surface area contributed by atoms with E-state index in [1.807, 2.05) is 25.2 Å². The molecule has 0 bridgehead atoms. The molecule has 1 aromatic heterocycles. The molecule has 84 valence electrons. The highest BCUT2D eigenvalue weighted by molar-refractivity contribution is 9.10. The van der Waals surface area contributed by atoms with E-state index in [-0.39, 0.29) is 0 Å². The van der Waals surface area contributed by atoms with Crippen molar-refractivity contribution in [1.29, 1.82) is 0 Å². The van der Waals surface area contributed by atoms with Gasteiger partial charge in [-0.05, 0) is 30.5 Å². The Morgan fingerprint density at radius 2 is 2.12 bits per heavy atom. The van der Waals surface area contributed by atoms with Crippen LogP contribution >= 0.6 is 15.9 Å². The number of hydrogen-bond donors (Lipinski definition) is 1. The smallest absolute Gasteiger partial charge is 0.121 e. The standard InChI is InChI=1S/C12H14BrN3/c1-16-12(14)8-11(15-16)6-5-9-3-2-4-10(13)7-9/h2-4,7-8H,5-6,14H2,1H3. The molecule has 0 radical (unpaired) electrons. The second-order valence-electron chi connectivity index (χ2n) is 3.81. The number of nitrogens with two attached hydrogens (primary N) is 1. The van der Waals surface area contributed by atoms with Gasteiger partial charge in [0.2, 0.25) is 0 Å². The van der Waals surface area contributed by atoms with E-state index in [0.29, 0.717) is 5.82 Å². The third-order valence-electron chi connectivity index (χ3n) is 2.53. The van der Waals surface area contributed by atoms with Gasteiger partial charge in [0.05, 0.1) is 5.69 Å². The van der Waals surface area contributed by atoms with E-state index >= 15 is 0 Å².